The van der Waals surface area contributed by atoms with E-state index in [1.807, 2.05) is 11.0 Å². The van der Waals surface area contributed by atoms with E-state index in [1.165, 1.54) is 0 Å². The van der Waals surface area contributed by atoms with Crippen molar-refractivity contribution in [1.29, 1.82) is 0 Å². The third-order valence-electron chi connectivity index (χ3n) is 3.75. The summed E-state index contributed by atoms with van der Waals surface area (Å²) in [5.41, 5.74) is 9.16. The second-order valence-electron chi connectivity index (χ2n) is 5.16. The highest BCUT2D eigenvalue weighted by Crippen LogP contribution is 2.34. The van der Waals surface area contributed by atoms with E-state index in [-0.39, 0.29) is 5.91 Å². The fraction of sp³-hybridized carbons (Fsp3) is 0.462. The highest BCUT2D eigenvalue weighted by Gasteiger charge is 2.31. The van der Waals surface area contributed by atoms with Crippen LogP contribution < -0.4 is 16.0 Å². The summed E-state index contributed by atoms with van der Waals surface area (Å²) in [7, 11) is 0. The summed E-state index contributed by atoms with van der Waals surface area (Å²) in [5.74, 6) is 0.00617. The van der Waals surface area contributed by atoms with E-state index in [9.17, 15) is 15.0 Å². The maximum absolute atomic E-state index is 11.3. The summed E-state index contributed by atoms with van der Waals surface area (Å²) in [6.07, 6.45) is -0.320. The molecule has 1 aromatic rings. The first-order valence-corrected chi connectivity index (χ1v) is 6.38. The standard InChI is InChI=1S/C13H17N3O3/c14-8-4-9-7(1-2-13(19)15-9)3-10(8)16-5-11(17)12(18)6-16/h3-4,11-12,17-18H,1-2,5-6,14H2,(H,15,19). The number of hydrogen-bond acceptors (Lipinski definition) is 5. The Bertz CT molecular complexity index is 522. The van der Waals surface area contributed by atoms with Crippen LogP contribution in [0.1, 0.15) is 12.0 Å². The first kappa shape index (κ1) is 12.3. The average Bonchev–Trinajstić information content (AvgIpc) is 2.68. The lowest BCUT2D eigenvalue weighted by atomic mass is 10.0. The number of β-amino-alcohol motifs (C(OH)–C–C–N with tert-alkyl or cyclic N) is 2. The number of aliphatic hydroxyl groups is 2. The van der Waals surface area contributed by atoms with E-state index >= 15 is 0 Å². The molecular weight excluding hydrogens is 246 g/mol. The van der Waals surface area contributed by atoms with Gasteiger partial charge >= 0.3 is 0 Å². The maximum Gasteiger partial charge on any atom is 0.224 e. The predicted octanol–water partition coefficient (Wildman–Crippen LogP) is -0.305. The van der Waals surface area contributed by atoms with Gasteiger partial charge in [-0.15, -0.1) is 0 Å². The second-order valence-corrected chi connectivity index (χ2v) is 5.16. The van der Waals surface area contributed by atoms with Gasteiger partial charge in [0.1, 0.15) is 0 Å². The van der Waals surface area contributed by atoms with E-state index in [0.29, 0.717) is 31.6 Å². The number of nitrogens with two attached hydrogens (primary N) is 1. The van der Waals surface area contributed by atoms with Crippen molar-refractivity contribution in [3.63, 3.8) is 0 Å². The molecule has 1 saturated heterocycles. The minimum atomic E-state index is -0.741. The fourth-order valence-electron chi connectivity index (χ4n) is 2.67. The third-order valence-corrected chi connectivity index (χ3v) is 3.75. The van der Waals surface area contributed by atoms with Gasteiger partial charge in [-0.25, -0.2) is 0 Å². The van der Waals surface area contributed by atoms with Gasteiger partial charge in [0.25, 0.3) is 0 Å². The van der Waals surface area contributed by atoms with Gasteiger partial charge in [0.05, 0.1) is 23.6 Å². The van der Waals surface area contributed by atoms with E-state index in [1.54, 1.807) is 6.07 Å². The summed E-state index contributed by atoms with van der Waals surface area (Å²) in [4.78, 5) is 13.2. The molecule has 6 nitrogen and oxygen atoms in total. The number of carbonyl (C=O) groups excluding carboxylic acids is 1. The van der Waals surface area contributed by atoms with E-state index < -0.39 is 12.2 Å². The zero-order valence-electron chi connectivity index (χ0n) is 10.5. The Morgan fingerprint density at radius 2 is 1.89 bits per heavy atom. The first-order valence-electron chi connectivity index (χ1n) is 6.38. The number of nitrogens with zero attached hydrogens (tertiary/aromatic N) is 1. The van der Waals surface area contributed by atoms with Crippen molar-refractivity contribution < 1.29 is 15.0 Å². The van der Waals surface area contributed by atoms with Crippen LogP contribution in [0.3, 0.4) is 0 Å². The molecule has 0 radical (unpaired) electrons. The van der Waals surface area contributed by atoms with Crippen molar-refractivity contribution in [1.82, 2.24) is 0 Å². The zero-order valence-corrected chi connectivity index (χ0v) is 10.5. The smallest absolute Gasteiger partial charge is 0.224 e. The molecule has 3 rings (SSSR count). The molecule has 1 amide bonds. The van der Waals surface area contributed by atoms with Gasteiger partial charge in [-0.3, -0.25) is 4.79 Å². The fourth-order valence-corrected chi connectivity index (χ4v) is 2.67. The molecule has 2 aliphatic rings. The van der Waals surface area contributed by atoms with Gasteiger partial charge in [-0.05, 0) is 24.1 Å². The lowest BCUT2D eigenvalue weighted by Gasteiger charge is -2.24. The van der Waals surface area contributed by atoms with Gasteiger partial charge < -0.3 is 26.2 Å². The summed E-state index contributed by atoms with van der Waals surface area (Å²) in [6.45, 7) is 0.743. The molecule has 2 unspecified atom stereocenters. The number of amides is 1. The van der Waals surface area contributed by atoms with Crippen LogP contribution in [0.2, 0.25) is 0 Å². The third kappa shape index (κ3) is 2.13. The van der Waals surface area contributed by atoms with Crippen molar-refractivity contribution in [2.75, 3.05) is 29.0 Å². The quantitative estimate of drug-likeness (QED) is 0.521. The normalized spacial score (nSPS) is 26.2. The zero-order chi connectivity index (χ0) is 13.6. The minimum absolute atomic E-state index is 0.00617. The van der Waals surface area contributed by atoms with Gasteiger partial charge in [0, 0.05) is 25.2 Å². The number of benzene rings is 1. The van der Waals surface area contributed by atoms with Gasteiger partial charge in [0.2, 0.25) is 5.91 Å². The number of aryl methyl sites for hydroxylation is 1. The Labute approximate surface area is 110 Å². The molecule has 2 heterocycles. The predicted molar refractivity (Wildman–Crippen MR) is 72.0 cm³/mol. The Hall–Kier alpha value is -1.79. The SMILES string of the molecule is Nc1cc2c(cc1N1CC(O)C(O)C1)CCC(=O)N2. The Kier molecular flexibility index (Phi) is 2.83. The molecule has 2 atom stereocenters. The van der Waals surface area contributed by atoms with Crippen molar-refractivity contribution in [2.45, 2.75) is 25.0 Å². The van der Waals surface area contributed by atoms with Crippen molar-refractivity contribution >= 4 is 23.0 Å². The number of hydrogen-bond donors (Lipinski definition) is 4. The topological polar surface area (TPSA) is 98.8 Å². The first-order chi connectivity index (χ1) is 9.04. The molecule has 6 heteroatoms. The van der Waals surface area contributed by atoms with Crippen LogP contribution in [0.15, 0.2) is 12.1 Å². The molecule has 0 aliphatic carbocycles. The number of nitrogen functional groups attached to an aromatic ring is 1. The largest absolute Gasteiger partial charge is 0.397 e. The number of carbonyl (C=O) groups is 1. The van der Waals surface area contributed by atoms with Gasteiger partial charge in [0.15, 0.2) is 0 Å². The summed E-state index contributed by atoms with van der Waals surface area (Å²) in [5, 5.41) is 22.0. The van der Waals surface area contributed by atoms with Crippen LogP contribution in [-0.2, 0) is 11.2 Å². The number of anilines is 3. The van der Waals surface area contributed by atoms with Crippen LogP contribution >= 0.6 is 0 Å². The summed E-state index contributed by atoms with van der Waals surface area (Å²) < 4.78 is 0. The van der Waals surface area contributed by atoms with E-state index in [0.717, 1.165) is 16.9 Å². The van der Waals surface area contributed by atoms with Crippen LogP contribution in [0.4, 0.5) is 17.1 Å². The molecule has 102 valence electrons. The van der Waals surface area contributed by atoms with Gasteiger partial charge in [-0.1, -0.05) is 0 Å². The number of aliphatic hydroxyl groups excluding tert-OH is 2. The molecule has 0 aromatic heterocycles. The molecule has 0 saturated carbocycles. The van der Waals surface area contributed by atoms with Crippen molar-refractivity contribution in [3.05, 3.63) is 17.7 Å². The lowest BCUT2D eigenvalue weighted by Crippen LogP contribution is -2.24. The highest BCUT2D eigenvalue weighted by molar-refractivity contribution is 5.95. The van der Waals surface area contributed by atoms with Crippen LogP contribution in [0.25, 0.3) is 0 Å². The van der Waals surface area contributed by atoms with Crippen LogP contribution in [0.5, 0.6) is 0 Å². The van der Waals surface area contributed by atoms with Crippen LogP contribution in [0, 0.1) is 0 Å². The van der Waals surface area contributed by atoms with Crippen LogP contribution in [-0.4, -0.2) is 41.4 Å². The lowest BCUT2D eigenvalue weighted by molar-refractivity contribution is -0.116. The monoisotopic (exact) mass is 263 g/mol. The Morgan fingerprint density at radius 3 is 2.58 bits per heavy atom. The number of nitrogens with one attached hydrogen (secondary N) is 1. The Morgan fingerprint density at radius 1 is 1.21 bits per heavy atom. The maximum atomic E-state index is 11.3. The van der Waals surface area contributed by atoms with Gasteiger partial charge in [-0.2, -0.15) is 0 Å². The van der Waals surface area contributed by atoms with Crippen molar-refractivity contribution in [3.8, 4) is 0 Å². The molecule has 2 aliphatic heterocycles. The van der Waals surface area contributed by atoms with E-state index in [2.05, 4.69) is 5.32 Å². The van der Waals surface area contributed by atoms with Crippen molar-refractivity contribution in [2.24, 2.45) is 0 Å². The highest BCUT2D eigenvalue weighted by atomic mass is 16.3. The van der Waals surface area contributed by atoms with E-state index in [4.69, 9.17) is 5.73 Å². The molecule has 0 spiro atoms. The molecule has 19 heavy (non-hydrogen) atoms. The molecule has 5 N–H and O–H groups in total. The number of rotatable bonds is 1. The molecule has 1 fully saturated rings. The molecule has 0 bridgehead atoms. The summed E-state index contributed by atoms with van der Waals surface area (Å²) in [6, 6.07) is 3.69. The molecule has 1 aromatic carbocycles. The average molecular weight is 263 g/mol. The number of fused-ring (bicyclic) bond motifs is 1. The second kappa shape index (κ2) is 4.40. The Balaban J connectivity index is 1.93. The molecular formula is C13H17N3O3. The summed E-state index contributed by atoms with van der Waals surface area (Å²) >= 11 is 0. The minimum Gasteiger partial charge on any atom is -0.397 e.